The van der Waals surface area contributed by atoms with Crippen molar-refractivity contribution in [2.45, 2.75) is 22.3 Å². The van der Waals surface area contributed by atoms with E-state index in [1.807, 2.05) is 0 Å². The fourth-order valence-electron chi connectivity index (χ4n) is 0.983. The first-order valence-electron chi connectivity index (χ1n) is 3.46. The molecule has 4 nitrogen and oxygen atoms in total. The summed E-state index contributed by atoms with van der Waals surface area (Å²) in [6.45, 7) is 1.16. The molecule has 80 valence electrons. The molecule has 2 unspecified atom stereocenters. The second-order valence-electron chi connectivity index (χ2n) is 2.61. The molecule has 0 spiro atoms. The van der Waals surface area contributed by atoms with Crippen LogP contribution in [0.1, 0.15) is 6.92 Å². The SMILES string of the molecule is CC(=O)N1C(=O)OC(C(Cl)(Cl)Cl)C1Cl. The second kappa shape index (κ2) is 3.93. The van der Waals surface area contributed by atoms with Crippen LogP contribution in [0.15, 0.2) is 0 Å². The molecule has 1 heterocycles. The highest BCUT2D eigenvalue weighted by Gasteiger charge is 2.52. The molecule has 0 N–H and O–H groups in total. The first-order chi connectivity index (χ1) is 6.25. The molecule has 2 atom stereocenters. The van der Waals surface area contributed by atoms with Crippen molar-refractivity contribution in [1.29, 1.82) is 0 Å². The molecule has 1 aliphatic heterocycles. The molecule has 0 bridgehead atoms. The summed E-state index contributed by atoms with van der Waals surface area (Å²) in [7, 11) is 0. The monoisotopic (exact) mass is 279 g/mol. The molecule has 1 saturated heterocycles. The van der Waals surface area contributed by atoms with Crippen LogP contribution in [0.5, 0.6) is 0 Å². The number of rotatable bonds is 0. The van der Waals surface area contributed by atoms with E-state index in [0.717, 1.165) is 6.92 Å². The Bertz CT molecular complexity index is 277. The van der Waals surface area contributed by atoms with Crippen molar-refractivity contribution in [1.82, 2.24) is 4.90 Å². The predicted molar refractivity (Wildman–Crippen MR) is 52.7 cm³/mol. The number of cyclic esters (lactones) is 1. The van der Waals surface area contributed by atoms with E-state index in [9.17, 15) is 9.59 Å². The van der Waals surface area contributed by atoms with Gasteiger partial charge in [-0.2, -0.15) is 0 Å². The number of ether oxygens (including phenoxy) is 1. The fraction of sp³-hybridized carbons (Fsp3) is 0.667. The predicted octanol–water partition coefficient (Wildman–Crippen LogP) is 2.29. The van der Waals surface area contributed by atoms with Gasteiger partial charge in [0.2, 0.25) is 9.70 Å². The number of alkyl halides is 4. The van der Waals surface area contributed by atoms with Crippen LogP contribution in [0, 0.1) is 0 Å². The van der Waals surface area contributed by atoms with Gasteiger partial charge in [0.1, 0.15) is 0 Å². The zero-order valence-electron chi connectivity index (χ0n) is 6.84. The number of amides is 2. The largest absolute Gasteiger partial charge is 0.438 e. The molecule has 0 aromatic heterocycles. The maximum atomic E-state index is 11.1. The summed E-state index contributed by atoms with van der Waals surface area (Å²) in [6.07, 6.45) is -2.07. The normalized spacial score (nSPS) is 27.8. The number of hydrogen-bond acceptors (Lipinski definition) is 3. The summed E-state index contributed by atoms with van der Waals surface area (Å²) in [5.41, 5.74) is -1.10. The van der Waals surface area contributed by atoms with E-state index in [-0.39, 0.29) is 0 Å². The minimum Gasteiger partial charge on any atom is -0.438 e. The van der Waals surface area contributed by atoms with Crippen LogP contribution in [0.3, 0.4) is 0 Å². The molecule has 14 heavy (non-hydrogen) atoms. The minimum absolute atomic E-state index is 0.563. The van der Waals surface area contributed by atoms with Crippen molar-refractivity contribution in [2.75, 3.05) is 0 Å². The van der Waals surface area contributed by atoms with Gasteiger partial charge in [-0.3, -0.25) is 4.79 Å². The number of halogens is 4. The zero-order chi connectivity index (χ0) is 11.1. The lowest BCUT2D eigenvalue weighted by Crippen LogP contribution is -2.40. The summed E-state index contributed by atoms with van der Waals surface area (Å²) in [5, 5.41) is 0. The van der Waals surface area contributed by atoms with Crippen molar-refractivity contribution in [3.8, 4) is 0 Å². The molecule has 0 aromatic rings. The standard InChI is InChI=1S/C6H5Cl4NO3/c1-2(12)11-4(7)3(6(8,9)10)14-5(11)13/h3-4H,1H3. The van der Waals surface area contributed by atoms with Gasteiger partial charge < -0.3 is 4.74 Å². The van der Waals surface area contributed by atoms with Gasteiger partial charge in [0.25, 0.3) is 0 Å². The topological polar surface area (TPSA) is 46.6 Å². The Morgan fingerprint density at radius 2 is 2.00 bits per heavy atom. The average molecular weight is 281 g/mol. The Balaban J connectivity index is 2.90. The maximum absolute atomic E-state index is 11.1. The van der Waals surface area contributed by atoms with Crippen molar-refractivity contribution in [2.24, 2.45) is 0 Å². The number of nitrogens with zero attached hydrogens (tertiary/aromatic N) is 1. The van der Waals surface area contributed by atoms with Gasteiger partial charge in [-0.25, -0.2) is 9.69 Å². The first kappa shape index (κ1) is 12.2. The Kier molecular flexibility index (Phi) is 3.41. The van der Waals surface area contributed by atoms with Crippen molar-refractivity contribution >= 4 is 58.4 Å². The molecule has 0 saturated carbocycles. The fourth-order valence-corrected chi connectivity index (χ4v) is 2.13. The van der Waals surface area contributed by atoms with Crippen LogP contribution in [0.2, 0.25) is 0 Å². The molecule has 1 aliphatic rings. The Morgan fingerprint density at radius 1 is 1.50 bits per heavy atom. The van der Waals surface area contributed by atoms with E-state index in [1.54, 1.807) is 0 Å². The van der Waals surface area contributed by atoms with Crippen LogP contribution in [-0.4, -0.2) is 32.3 Å². The van der Waals surface area contributed by atoms with Crippen LogP contribution in [0.25, 0.3) is 0 Å². The number of carbonyl (C=O) groups is 2. The molecule has 8 heteroatoms. The van der Waals surface area contributed by atoms with Crippen molar-refractivity contribution in [3.05, 3.63) is 0 Å². The van der Waals surface area contributed by atoms with Crippen LogP contribution >= 0.6 is 46.4 Å². The Hall–Kier alpha value is 0.1000. The molecule has 1 rings (SSSR count). The smallest absolute Gasteiger partial charge is 0.418 e. The minimum atomic E-state index is -1.85. The summed E-state index contributed by atoms with van der Waals surface area (Å²) in [6, 6.07) is 0. The van der Waals surface area contributed by atoms with Gasteiger partial charge in [-0.15, -0.1) is 0 Å². The van der Waals surface area contributed by atoms with Gasteiger partial charge >= 0.3 is 6.09 Å². The van der Waals surface area contributed by atoms with Gasteiger partial charge in [0.15, 0.2) is 11.6 Å². The van der Waals surface area contributed by atoms with Gasteiger partial charge in [-0.05, 0) is 0 Å². The van der Waals surface area contributed by atoms with E-state index in [4.69, 9.17) is 46.4 Å². The molecular formula is C6H5Cl4NO3. The average Bonchev–Trinajstić information content (AvgIpc) is 2.24. The van der Waals surface area contributed by atoms with E-state index in [2.05, 4.69) is 4.74 Å². The maximum Gasteiger partial charge on any atom is 0.418 e. The van der Waals surface area contributed by atoms with Crippen LogP contribution in [-0.2, 0) is 9.53 Å². The summed E-state index contributed by atoms with van der Waals surface area (Å²) < 4.78 is 2.80. The molecule has 0 radical (unpaired) electrons. The quantitative estimate of drug-likeness (QED) is 0.505. The molecule has 0 aromatic carbocycles. The third-order valence-electron chi connectivity index (χ3n) is 1.58. The van der Waals surface area contributed by atoms with Gasteiger partial charge in [0.05, 0.1) is 0 Å². The van der Waals surface area contributed by atoms with E-state index in [1.165, 1.54) is 0 Å². The summed E-state index contributed by atoms with van der Waals surface area (Å²) >= 11 is 22.2. The van der Waals surface area contributed by atoms with Crippen molar-refractivity contribution < 1.29 is 14.3 Å². The van der Waals surface area contributed by atoms with Gasteiger partial charge in [-0.1, -0.05) is 46.4 Å². The lowest BCUT2D eigenvalue weighted by molar-refractivity contribution is -0.126. The Morgan fingerprint density at radius 3 is 2.21 bits per heavy atom. The summed E-state index contributed by atoms with van der Waals surface area (Å²) in [4.78, 5) is 22.7. The van der Waals surface area contributed by atoms with E-state index >= 15 is 0 Å². The highest BCUT2D eigenvalue weighted by Crippen LogP contribution is 2.40. The molecule has 0 aliphatic carbocycles. The molecule has 1 fully saturated rings. The van der Waals surface area contributed by atoms with Crippen LogP contribution in [0.4, 0.5) is 4.79 Å². The molecular weight excluding hydrogens is 276 g/mol. The highest BCUT2D eigenvalue weighted by atomic mass is 35.6. The lowest BCUT2D eigenvalue weighted by Gasteiger charge is -2.20. The third-order valence-corrected chi connectivity index (χ3v) is 2.65. The number of imide groups is 1. The van der Waals surface area contributed by atoms with Gasteiger partial charge in [0, 0.05) is 6.92 Å². The molecule has 2 amide bonds. The summed E-state index contributed by atoms with van der Waals surface area (Å²) in [5.74, 6) is -0.563. The van der Waals surface area contributed by atoms with Crippen molar-refractivity contribution in [3.63, 3.8) is 0 Å². The number of carbonyl (C=O) groups excluding carboxylic acids is 2. The lowest BCUT2D eigenvalue weighted by atomic mass is 10.4. The third kappa shape index (κ3) is 2.19. The van der Waals surface area contributed by atoms with E-state index < -0.39 is 27.4 Å². The number of hydrogen-bond donors (Lipinski definition) is 0. The Labute approximate surface area is 100.0 Å². The first-order valence-corrected chi connectivity index (χ1v) is 5.03. The highest BCUT2D eigenvalue weighted by molar-refractivity contribution is 6.68. The van der Waals surface area contributed by atoms with E-state index in [0.29, 0.717) is 4.90 Å². The second-order valence-corrected chi connectivity index (χ2v) is 5.42. The van der Waals surface area contributed by atoms with Crippen LogP contribution < -0.4 is 0 Å². The zero-order valence-corrected chi connectivity index (χ0v) is 9.86.